The molecule has 1 aliphatic rings. The molecule has 3 nitrogen and oxygen atoms in total. The van der Waals surface area contributed by atoms with Crippen LogP contribution in [-0.2, 0) is 4.79 Å². The Hall–Kier alpha value is -1.22. The molecule has 0 amide bonds. The van der Waals surface area contributed by atoms with E-state index in [0.29, 0.717) is 11.6 Å². The topological polar surface area (TPSA) is 40.5 Å². The third-order valence-corrected chi connectivity index (χ3v) is 3.37. The van der Waals surface area contributed by atoms with Crippen LogP contribution in [0.2, 0.25) is 5.02 Å². The molecule has 16 heavy (non-hydrogen) atoms. The van der Waals surface area contributed by atoms with Crippen molar-refractivity contribution in [3.63, 3.8) is 0 Å². The van der Waals surface area contributed by atoms with E-state index in [1.54, 1.807) is 0 Å². The summed E-state index contributed by atoms with van der Waals surface area (Å²) in [6.07, 6.45) is 1.56. The molecule has 1 saturated carbocycles. The summed E-state index contributed by atoms with van der Waals surface area (Å²) in [5, 5.41) is 9.79. The Morgan fingerprint density at radius 2 is 2.00 bits per heavy atom. The van der Waals surface area contributed by atoms with Crippen LogP contribution in [-0.4, -0.2) is 24.7 Å². The molecular weight excluding hydrogens is 226 g/mol. The van der Waals surface area contributed by atoms with Crippen molar-refractivity contribution < 1.29 is 9.90 Å². The second-order valence-electron chi connectivity index (χ2n) is 4.42. The van der Waals surface area contributed by atoms with Gasteiger partial charge in [-0.15, -0.1) is 0 Å². The van der Waals surface area contributed by atoms with E-state index in [9.17, 15) is 4.79 Å². The van der Waals surface area contributed by atoms with Gasteiger partial charge in [-0.25, -0.2) is 0 Å². The first-order valence-electron chi connectivity index (χ1n) is 5.24. The first-order valence-corrected chi connectivity index (χ1v) is 5.61. The number of carboxylic acids is 1. The highest BCUT2D eigenvalue weighted by Crippen LogP contribution is 2.46. The molecule has 1 N–H and O–H groups in total. The van der Waals surface area contributed by atoms with Gasteiger partial charge in [0.2, 0.25) is 0 Å². The summed E-state index contributed by atoms with van der Waals surface area (Å²) < 4.78 is 0. The fourth-order valence-corrected chi connectivity index (χ4v) is 1.96. The van der Waals surface area contributed by atoms with Crippen LogP contribution in [0.4, 0.5) is 5.69 Å². The van der Waals surface area contributed by atoms with Crippen molar-refractivity contribution in [1.29, 1.82) is 0 Å². The van der Waals surface area contributed by atoms with E-state index in [1.165, 1.54) is 0 Å². The number of anilines is 1. The highest BCUT2D eigenvalue weighted by atomic mass is 35.5. The SMILES string of the molecule is CN(CC1(C(=O)O)CC1)c1ccc(Cl)cc1. The minimum absolute atomic E-state index is 0.519. The smallest absolute Gasteiger partial charge is 0.311 e. The quantitative estimate of drug-likeness (QED) is 0.878. The van der Waals surface area contributed by atoms with Gasteiger partial charge in [-0.05, 0) is 37.1 Å². The monoisotopic (exact) mass is 239 g/mol. The van der Waals surface area contributed by atoms with Crippen LogP contribution < -0.4 is 4.90 Å². The van der Waals surface area contributed by atoms with Crippen LogP contribution in [0.25, 0.3) is 0 Å². The number of rotatable bonds is 4. The molecule has 0 heterocycles. The number of hydrogen-bond acceptors (Lipinski definition) is 2. The molecule has 4 heteroatoms. The second kappa shape index (κ2) is 3.98. The lowest BCUT2D eigenvalue weighted by atomic mass is 10.1. The van der Waals surface area contributed by atoms with Gasteiger partial charge in [-0.3, -0.25) is 4.79 Å². The maximum Gasteiger partial charge on any atom is 0.311 e. The zero-order valence-electron chi connectivity index (χ0n) is 9.11. The molecule has 0 radical (unpaired) electrons. The van der Waals surface area contributed by atoms with Crippen molar-refractivity contribution in [3.8, 4) is 0 Å². The van der Waals surface area contributed by atoms with E-state index < -0.39 is 11.4 Å². The number of benzene rings is 1. The van der Waals surface area contributed by atoms with E-state index in [1.807, 2.05) is 36.2 Å². The van der Waals surface area contributed by atoms with Crippen molar-refractivity contribution in [2.45, 2.75) is 12.8 Å². The Morgan fingerprint density at radius 3 is 2.44 bits per heavy atom. The standard InChI is InChI=1S/C12H14ClNO2/c1-14(8-12(6-7-12)11(15)16)10-4-2-9(13)3-5-10/h2-5H,6-8H2,1H3,(H,15,16). The molecule has 0 bridgehead atoms. The molecule has 1 aromatic carbocycles. The zero-order valence-corrected chi connectivity index (χ0v) is 9.87. The van der Waals surface area contributed by atoms with Gasteiger partial charge in [0.1, 0.15) is 0 Å². The summed E-state index contributed by atoms with van der Waals surface area (Å²) in [5.74, 6) is -0.687. The van der Waals surface area contributed by atoms with Crippen LogP contribution in [0.15, 0.2) is 24.3 Å². The molecule has 0 aromatic heterocycles. The van der Waals surface area contributed by atoms with Crippen LogP contribution in [0.5, 0.6) is 0 Å². The van der Waals surface area contributed by atoms with Gasteiger partial charge >= 0.3 is 5.97 Å². The van der Waals surface area contributed by atoms with Crippen LogP contribution >= 0.6 is 11.6 Å². The van der Waals surface area contributed by atoms with Gasteiger partial charge in [0.15, 0.2) is 0 Å². The minimum Gasteiger partial charge on any atom is -0.481 e. The van der Waals surface area contributed by atoms with Crippen LogP contribution in [0, 0.1) is 5.41 Å². The fourth-order valence-electron chi connectivity index (χ4n) is 1.83. The lowest BCUT2D eigenvalue weighted by Crippen LogP contribution is -2.31. The maximum atomic E-state index is 11.1. The first-order chi connectivity index (χ1) is 7.53. The summed E-state index contributed by atoms with van der Waals surface area (Å²) in [7, 11) is 1.91. The Balaban J connectivity index is 2.06. The number of aliphatic carboxylic acids is 1. The van der Waals surface area contributed by atoms with E-state index in [0.717, 1.165) is 18.5 Å². The van der Waals surface area contributed by atoms with Crippen molar-refractivity contribution in [2.24, 2.45) is 5.41 Å². The third kappa shape index (κ3) is 2.14. The number of carbonyl (C=O) groups is 1. The maximum absolute atomic E-state index is 11.1. The van der Waals surface area contributed by atoms with Gasteiger partial charge < -0.3 is 10.0 Å². The van der Waals surface area contributed by atoms with Gasteiger partial charge in [0, 0.05) is 24.3 Å². The molecule has 0 saturated heterocycles. The average Bonchev–Trinajstić information content (AvgIpc) is 3.00. The average molecular weight is 240 g/mol. The van der Waals surface area contributed by atoms with Crippen molar-refractivity contribution >= 4 is 23.3 Å². The van der Waals surface area contributed by atoms with E-state index >= 15 is 0 Å². The third-order valence-electron chi connectivity index (χ3n) is 3.11. The Kier molecular flexibility index (Phi) is 2.80. The van der Waals surface area contributed by atoms with Crippen molar-refractivity contribution in [3.05, 3.63) is 29.3 Å². The van der Waals surface area contributed by atoms with Gasteiger partial charge in [-0.1, -0.05) is 11.6 Å². The van der Waals surface area contributed by atoms with Crippen molar-refractivity contribution in [1.82, 2.24) is 0 Å². The molecule has 86 valence electrons. The van der Waals surface area contributed by atoms with E-state index in [4.69, 9.17) is 16.7 Å². The molecule has 0 spiro atoms. The van der Waals surface area contributed by atoms with Gasteiger partial charge in [0.25, 0.3) is 0 Å². The normalized spacial score (nSPS) is 16.9. The predicted octanol–water partition coefficient (Wildman–Crippen LogP) is 2.64. The molecule has 1 aliphatic carbocycles. The summed E-state index contributed by atoms with van der Waals surface area (Å²) in [5.41, 5.74) is 0.478. The number of nitrogens with zero attached hydrogens (tertiary/aromatic N) is 1. The fraction of sp³-hybridized carbons (Fsp3) is 0.417. The van der Waals surface area contributed by atoms with Gasteiger partial charge in [0.05, 0.1) is 5.41 Å². The molecule has 0 unspecified atom stereocenters. The second-order valence-corrected chi connectivity index (χ2v) is 4.85. The minimum atomic E-state index is -0.687. The molecule has 0 atom stereocenters. The Bertz CT molecular complexity index is 398. The zero-order chi connectivity index (χ0) is 11.8. The molecule has 2 rings (SSSR count). The van der Waals surface area contributed by atoms with E-state index in [-0.39, 0.29) is 0 Å². The lowest BCUT2D eigenvalue weighted by Gasteiger charge is -2.23. The highest BCUT2D eigenvalue weighted by molar-refractivity contribution is 6.30. The summed E-state index contributed by atoms with van der Waals surface area (Å²) in [4.78, 5) is 13.0. The summed E-state index contributed by atoms with van der Waals surface area (Å²) in [6.45, 7) is 0.559. The Morgan fingerprint density at radius 1 is 1.44 bits per heavy atom. The molecule has 1 fully saturated rings. The van der Waals surface area contributed by atoms with Crippen molar-refractivity contribution in [2.75, 3.05) is 18.5 Å². The number of hydrogen-bond donors (Lipinski definition) is 1. The largest absolute Gasteiger partial charge is 0.481 e. The van der Waals surface area contributed by atoms with Crippen LogP contribution in [0.3, 0.4) is 0 Å². The highest BCUT2D eigenvalue weighted by Gasteiger charge is 2.50. The summed E-state index contributed by atoms with van der Waals surface area (Å²) in [6, 6.07) is 7.43. The van der Waals surface area contributed by atoms with Gasteiger partial charge in [-0.2, -0.15) is 0 Å². The molecular formula is C12H14ClNO2. The number of halogens is 1. The predicted molar refractivity (Wildman–Crippen MR) is 64.0 cm³/mol. The Labute approximate surface area is 99.6 Å². The lowest BCUT2D eigenvalue weighted by molar-refractivity contribution is -0.142. The molecule has 0 aliphatic heterocycles. The molecule has 1 aromatic rings. The summed E-state index contributed by atoms with van der Waals surface area (Å²) >= 11 is 5.80. The number of carboxylic acid groups (broad SMARTS) is 1. The van der Waals surface area contributed by atoms with E-state index in [2.05, 4.69) is 0 Å². The van der Waals surface area contributed by atoms with Crippen LogP contribution in [0.1, 0.15) is 12.8 Å². The first kappa shape index (κ1) is 11.3.